The van der Waals surface area contributed by atoms with Crippen molar-refractivity contribution >= 4 is 38.6 Å². The minimum atomic E-state index is 0.00356. The molecule has 0 aliphatic rings. The molecule has 114 valence electrons. The van der Waals surface area contributed by atoms with Crippen LogP contribution in [0.15, 0.2) is 40.9 Å². The third kappa shape index (κ3) is 2.91. The molecule has 5 nitrogen and oxygen atoms in total. The van der Waals surface area contributed by atoms with Crippen molar-refractivity contribution in [1.82, 2.24) is 9.97 Å². The van der Waals surface area contributed by atoms with E-state index in [4.69, 9.17) is 4.74 Å². The summed E-state index contributed by atoms with van der Waals surface area (Å²) in [4.78, 5) is 7.54. The molecule has 6 heteroatoms. The second-order valence-electron chi connectivity index (χ2n) is 4.82. The molecule has 0 fully saturated rings. The van der Waals surface area contributed by atoms with Crippen molar-refractivity contribution in [2.45, 2.75) is 0 Å². The smallest absolute Gasteiger partial charge is 0.161 e. The molecule has 2 aromatic carbocycles. The number of H-pyrrole nitrogens is 1. The number of phenols is 1. The predicted molar refractivity (Wildman–Crippen MR) is 91.9 cm³/mol. The van der Waals surface area contributed by atoms with Crippen molar-refractivity contribution in [1.29, 1.82) is 5.26 Å². The Labute approximate surface area is 141 Å². The summed E-state index contributed by atoms with van der Waals surface area (Å²) in [6.45, 7) is 0. The molecular formula is C17H12BrN3O2. The molecule has 1 heterocycles. The number of halogens is 1. The summed E-state index contributed by atoms with van der Waals surface area (Å²) in [7, 11) is 1.48. The molecule has 3 rings (SSSR count). The van der Waals surface area contributed by atoms with Gasteiger partial charge in [-0.15, -0.1) is 0 Å². The number of nitrogens with one attached hydrogen (secondary N) is 1. The minimum absolute atomic E-state index is 0.00356. The number of rotatable bonds is 3. The van der Waals surface area contributed by atoms with Crippen molar-refractivity contribution < 1.29 is 9.84 Å². The Morgan fingerprint density at radius 2 is 2.17 bits per heavy atom. The van der Waals surface area contributed by atoms with Crippen molar-refractivity contribution in [3.8, 4) is 17.6 Å². The molecule has 0 radical (unpaired) electrons. The summed E-state index contributed by atoms with van der Waals surface area (Å²) < 4.78 is 5.76. The molecule has 0 saturated carbocycles. The lowest BCUT2D eigenvalue weighted by Crippen LogP contribution is -1.88. The molecule has 3 aromatic rings. The highest BCUT2D eigenvalue weighted by atomic mass is 79.9. The summed E-state index contributed by atoms with van der Waals surface area (Å²) in [6.07, 6.45) is 1.65. The first kappa shape index (κ1) is 15.1. The van der Waals surface area contributed by atoms with E-state index in [1.165, 1.54) is 13.2 Å². The van der Waals surface area contributed by atoms with Crippen molar-refractivity contribution in [2.75, 3.05) is 7.11 Å². The number of hydrogen-bond donors (Lipinski definition) is 2. The average Bonchev–Trinajstić information content (AvgIpc) is 2.98. The number of aromatic amines is 1. The van der Waals surface area contributed by atoms with Gasteiger partial charge in [-0.25, -0.2) is 4.98 Å². The Bertz CT molecular complexity index is 921. The van der Waals surface area contributed by atoms with E-state index in [2.05, 4.69) is 32.0 Å². The summed E-state index contributed by atoms with van der Waals surface area (Å²) in [5, 5.41) is 19.4. The van der Waals surface area contributed by atoms with Crippen LogP contribution >= 0.6 is 15.9 Å². The number of aromatic hydroxyl groups is 1. The van der Waals surface area contributed by atoms with Crippen LogP contribution in [0, 0.1) is 11.3 Å². The van der Waals surface area contributed by atoms with E-state index in [0.29, 0.717) is 27.2 Å². The molecule has 2 N–H and O–H groups in total. The van der Waals surface area contributed by atoms with Gasteiger partial charge in [-0.3, -0.25) is 0 Å². The standard InChI is InChI=1S/C17H12BrN3O2/c1-23-16-8-12(18)10(7-15(16)22)6-11(9-19)17-20-13-4-2-3-5-14(13)21-17/h2-8,22H,1H3,(H,20,21)/b11-6+. The van der Waals surface area contributed by atoms with Gasteiger partial charge in [0.25, 0.3) is 0 Å². The summed E-state index contributed by atoms with van der Waals surface area (Å²) in [5.41, 5.74) is 2.67. The van der Waals surface area contributed by atoms with Crippen LogP contribution in [0.2, 0.25) is 0 Å². The van der Waals surface area contributed by atoms with Crippen LogP contribution in [0.25, 0.3) is 22.7 Å². The van der Waals surface area contributed by atoms with Crippen LogP contribution in [0.3, 0.4) is 0 Å². The molecular weight excluding hydrogens is 358 g/mol. The Morgan fingerprint density at radius 1 is 1.39 bits per heavy atom. The monoisotopic (exact) mass is 369 g/mol. The Balaban J connectivity index is 2.09. The zero-order chi connectivity index (χ0) is 16.4. The zero-order valence-corrected chi connectivity index (χ0v) is 13.8. The zero-order valence-electron chi connectivity index (χ0n) is 12.2. The van der Waals surface area contributed by atoms with Gasteiger partial charge in [-0.2, -0.15) is 5.26 Å². The van der Waals surface area contributed by atoms with Crippen molar-refractivity contribution in [3.05, 3.63) is 52.3 Å². The van der Waals surface area contributed by atoms with Gasteiger partial charge in [0.15, 0.2) is 11.5 Å². The Hall–Kier alpha value is -2.78. The van der Waals surface area contributed by atoms with Crippen LogP contribution in [-0.4, -0.2) is 22.2 Å². The maximum Gasteiger partial charge on any atom is 0.161 e. The third-order valence-electron chi connectivity index (χ3n) is 3.36. The SMILES string of the molecule is COc1cc(Br)c(/C=C(\C#N)c2nc3ccccc3[nH]2)cc1O. The molecule has 1 aromatic heterocycles. The number of imidazole rings is 1. The molecule has 0 amide bonds. The van der Waals surface area contributed by atoms with Gasteiger partial charge < -0.3 is 14.8 Å². The number of methoxy groups -OCH3 is 1. The van der Waals surface area contributed by atoms with Gasteiger partial charge >= 0.3 is 0 Å². The highest BCUT2D eigenvalue weighted by molar-refractivity contribution is 9.10. The lowest BCUT2D eigenvalue weighted by molar-refractivity contribution is 0.373. The number of para-hydroxylation sites is 2. The maximum atomic E-state index is 9.90. The van der Waals surface area contributed by atoms with Gasteiger partial charge in [0, 0.05) is 4.47 Å². The summed E-state index contributed by atoms with van der Waals surface area (Å²) in [5.74, 6) is 0.844. The molecule has 0 atom stereocenters. The normalized spacial score (nSPS) is 11.4. The molecule has 0 aliphatic carbocycles. The summed E-state index contributed by atoms with van der Waals surface area (Å²) in [6, 6.07) is 12.9. The van der Waals surface area contributed by atoms with Gasteiger partial charge in [-0.05, 0) is 35.9 Å². The Morgan fingerprint density at radius 3 is 2.87 bits per heavy atom. The molecule has 23 heavy (non-hydrogen) atoms. The van der Waals surface area contributed by atoms with E-state index in [1.807, 2.05) is 24.3 Å². The van der Waals surface area contributed by atoms with Crippen LogP contribution < -0.4 is 4.74 Å². The maximum absolute atomic E-state index is 9.90. The number of phenolic OH excluding ortho intramolecular Hbond substituents is 1. The topological polar surface area (TPSA) is 81.9 Å². The lowest BCUT2D eigenvalue weighted by Gasteiger charge is -2.06. The molecule has 0 unspecified atom stereocenters. The van der Waals surface area contributed by atoms with Gasteiger partial charge in [0.1, 0.15) is 11.9 Å². The highest BCUT2D eigenvalue weighted by Crippen LogP contribution is 2.34. The van der Waals surface area contributed by atoms with Crippen LogP contribution in [0.5, 0.6) is 11.5 Å². The largest absolute Gasteiger partial charge is 0.504 e. The fourth-order valence-corrected chi connectivity index (χ4v) is 2.66. The number of nitrogens with zero attached hydrogens (tertiary/aromatic N) is 2. The average molecular weight is 370 g/mol. The first-order chi connectivity index (χ1) is 11.1. The van der Waals surface area contributed by atoms with E-state index < -0.39 is 0 Å². The van der Waals surface area contributed by atoms with Gasteiger partial charge in [-0.1, -0.05) is 28.1 Å². The number of fused-ring (bicyclic) bond motifs is 1. The Kier molecular flexibility index (Phi) is 4.04. The number of benzene rings is 2. The van der Waals surface area contributed by atoms with Crippen LogP contribution in [-0.2, 0) is 0 Å². The minimum Gasteiger partial charge on any atom is -0.504 e. The molecule has 0 spiro atoms. The highest BCUT2D eigenvalue weighted by Gasteiger charge is 2.11. The molecule has 0 aliphatic heterocycles. The number of nitriles is 1. The first-order valence-electron chi connectivity index (χ1n) is 6.76. The number of aromatic nitrogens is 2. The predicted octanol–water partition coefficient (Wildman–Crippen LogP) is 4.10. The van der Waals surface area contributed by atoms with Crippen LogP contribution in [0.1, 0.15) is 11.4 Å². The van der Waals surface area contributed by atoms with Crippen LogP contribution in [0.4, 0.5) is 0 Å². The van der Waals surface area contributed by atoms with E-state index >= 15 is 0 Å². The van der Waals surface area contributed by atoms with E-state index in [1.54, 1.807) is 12.1 Å². The number of hydrogen-bond acceptors (Lipinski definition) is 4. The lowest BCUT2D eigenvalue weighted by atomic mass is 10.1. The van der Waals surface area contributed by atoms with Gasteiger partial charge in [0.05, 0.1) is 23.7 Å². The summed E-state index contributed by atoms with van der Waals surface area (Å²) >= 11 is 3.41. The van der Waals surface area contributed by atoms with E-state index in [9.17, 15) is 10.4 Å². The quantitative estimate of drug-likeness (QED) is 0.680. The second-order valence-corrected chi connectivity index (χ2v) is 5.67. The number of ether oxygens (including phenoxy) is 1. The van der Waals surface area contributed by atoms with Crippen molar-refractivity contribution in [2.24, 2.45) is 0 Å². The van der Waals surface area contributed by atoms with E-state index in [-0.39, 0.29) is 5.75 Å². The van der Waals surface area contributed by atoms with Gasteiger partial charge in [0.2, 0.25) is 0 Å². The second kappa shape index (κ2) is 6.15. The fourth-order valence-electron chi connectivity index (χ4n) is 2.22. The van der Waals surface area contributed by atoms with Crippen molar-refractivity contribution in [3.63, 3.8) is 0 Å². The third-order valence-corrected chi connectivity index (χ3v) is 4.05. The number of allylic oxidation sites excluding steroid dienone is 1. The van der Waals surface area contributed by atoms with E-state index in [0.717, 1.165) is 11.0 Å². The first-order valence-corrected chi connectivity index (χ1v) is 7.55. The molecule has 0 bridgehead atoms. The fraction of sp³-hybridized carbons (Fsp3) is 0.0588. The molecule has 0 saturated heterocycles.